The first-order valence-corrected chi connectivity index (χ1v) is 8.44. The fourth-order valence-electron chi connectivity index (χ4n) is 1.89. The molecule has 0 bridgehead atoms. The van der Waals surface area contributed by atoms with E-state index in [-0.39, 0.29) is 10.3 Å². The number of ether oxygens (including phenoxy) is 1. The first kappa shape index (κ1) is 18.3. The lowest BCUT2D eigenvalue weighted by Gasteiger charge is -2.24. The Morgan fingerprint density at radius 3 is 2.50 bits per heavy atom. The summed E-state index contributed by atoms with van der Waals surface area (Å²) in [5, 5.41) is 3.48. The summed E-state index contributed by atoms with van der Waals surface area (Å²) in [4.78, 5) is 2.90. The predicted octanol–water partition coefficient (Wildman–Crippen LogP) is 3.09. The van der Waals surface area contributed by atoms with Crippen LogP contribution in [0.4, 0.5) is 0 Å². The van der Waals surface area contributed by atoms with Crippen molar-refractivity contribution in [3.05, 3.63) is 34.7 Å². The van der Waals surface area contributed by atoms with E-state index in [1.165, 1.54) is 19.2 Å². The van der Waals surface area contributed by atoms with Gasteiger partial charge in [-0.05, 0) is 48.1 Å². The molecule has 22 heavy (non-hydrogen) atoms. The van der Waals surface area contributed by atoms with Gasteiger partial charge >= 0.3 is 0 Å². The molecule has 0 heterocycles. The van der Waals surface area contributed by atoms with Gasteiger partial charge in [0, 0.05) is 18.0 Å². The molecule has 0 unspecified atom stereocenters. The molecule has 0 atom stereocenters. The lowest BCUT2D eigenvalue weighted by atomic mass is 9.88. The molecule has 0 radical (unpaired) electrons. The molecule has 8 heteroatoms. The highest BCUT2D eigenvalue weighted by Crippen LogP contribution is 2.22. The van der Waals surface area contributed by atoms with Crippen molar-refractivity contribution in [1.29, 1.82) is 0 Å². The largest absolute Gasteiger partial charge is 0.497 e. The van der Waals surface area contributed by atoms with Crippen LogP contribution in [0.15, 0.2) is 34.3 Å². The molecule has 0 saturated heterocycles. The third-order valence-electron chi connectivity index (χ3n) is 3.29. The summed E-state index contributed by atoms with van der Waals surface area (Å²) in [7, 11) is -2.01. The van der Waals surface area contributed by atoms with Crippen LogP contribution in [-0.2, 0) is 10.0 Å². The standard InChI is InChI=1S/C14H22N4O3S/c1-14(2,9-4-10-16-18-15)11-17-22(19,20)13-7-5-12(21-3)6-8-13/h5-8,17H,4,9-11H2,1-3H3. The molecule has 0 aliphatic heterocycles. The maximum Gasteiger partial charge on any atom is 0.240 e. The first-order valence-electron chi connectivity index (χ1n) is 6.95. The van der Waals surface area contributed by atoms with Crippen LogP contribution in [0.5, 0.6) is 5.75 Å². The molecular weight excluding hydrogens is 304 g/mol. The first-order chi connectivity index (χ1) is 10.3. The Balaban J connectivity index is 2.61. The number of hydrogen-bond donors (Lipinski definition) is 1. The van der Waals surface area contributed by atoms with Crippen LogP contribution >= 0.6 is 0 Å². The maximum absolute atomic E-state index is 12.2. The fourth-order valence-corrected chi connectivity index (χ4v) is 3.13. The van der Waals surface area contributed by atoms with Crippen molar-refractivity contribution in [2.24, 2.45) is 10.5 Å². The van der Waals surface area contributed by atoms with E-state index in [0.29, 0.717) is 18.8 Å². The van der Waals surface area contributed by atoms with Gasteiger partial charge in [-0.2, -0.15) is 0 Å². The second-order valence-corrected chi connectivity index (χ2v) is 7.49. The third-order valence-corrected chi connectivity index (χ3v) is 4.70. The minimum Gasteiger partial charge on any atom is -0.497 e. The van der Waals surface area contributed by atoms with Crippen molar-refractivity contribution in [2.75, 3.05) is 20.2 Å². The van der Waals surface area contributed by atoms with Gasteiger partial charge < -0.3 is 4.74 Å². The Morgan fingerprint density at radius 1 is 1.32 bits per heavy atom. The minimum absolute atomic E-state index is 0.207. The molecule has 1 N–H and O–H groups in total. The topological polar surface area (TPSA) is 104 Å². The quantitative estimate of drug-likeness (QED) is 0.326. The second-order valence-electron chi connectivity index (χ2n) is 5.72. The van der Waals surface area contributed by atoms with Crippen LogP contribution in [0, 0.1) is 5.41 Å². The van der Waals surface area contributed by atoms with Crippen LogP contribution in [0.25, 0.3) is 10.4 Å². The molecule has 1 rings (SSSR count). The SMILES string of the molecule is COc1ccc(S(=O)(=O)NCC(C)(C)CCCN=[N+]=[N-])cc1. The molecule has 1 aromatic carbocycles. The number of nitrogens with one attached hydrogen (secondary N) is 1. The van der Waals surface area contributed by atoms with Crippen molar-refractivity contribution in [3.8, 4) is 5.75 Å². The zero-order chi connectivity index (χ0) is 16.6. The van der Waals surface area contributed by atoms with Gasteiger partial charge in [-0.1, -0.05) is 19.0 Å². The monoisotopic (exact) mass is 326 g/mol. The van der Waals surface area contributed by atoms with Gasteiger partial charge in [0.2, 0.25) is 10.0 Å². The summed E-state index contributed by atoms with van der Waals surface area (Å²) in [5.41, 5.74) is 8.01. The highest BCUT2D eigenvalue weighted by molar-refractivity contribution is 7.89. The Kier molecular flexibility index (Phi) is 6.67. The van der Waals surface area contributed by atoms with Gasteiger partial charge in [-0.25, -0.2) is 13.1 Å². The maximum atomic E-state index is 12.2. The minimum atomic E-state index is -3.54. The van der Waals surface area contributed by atoms with Gasteiger partial charge in [-0.3, -0.25) is 0 Å². The number of nitrogens with zero attached hydrogens (tertiary/aromatic N) is 3. The average Bonchev–Trinajstić information content (AvgIpc) is 2.50. The normalized spacial score (nSPS) is 11.8. The summed E-state index contributed by atoms with van der Waals surface area (Å²) in [6.45, 7) is 4.68. The molecule has 1 aromatic rings. The smallest absolute Gasteiger partial charge is 0.240 e. The van der Waals surface area contributed by atoms with Gasteiger partial charge in [-0.15, -0.1) is 0 Å². The number of hydrogen-bond acceptors (Lipinski definition) is 4. The van der Waals surface area contributed by atoms with E-state index in [2.05, 4.69) is 14.7 Å². The predicted molar refractivity (Wildman–Crippen MR) is 85.2 cm³/mol. The van der Waals surface area contributed by atoms with Crippen LogP contribution in [0.1, 0.15) is 26.7 Å². The zero-order valence-corrected chi connectivity index (χ0v) is 13.9. The van der Waals surface area contributed by atoms with Crippen molar-refractivity contribution in [1.82, 2.24) is 4.72 Å². The molecule has 0 aliphatic rings. The number of benzene rings is 1. The third kappa shape index (κ3) is 5.93. The summed E-state index contributed by atoms with van der Waals surface area (Å²) < 4.78 is 32.1. The van der Waals surface area contributed by atoms with E-state index in [1.807, 2.05) is 13.8 Å². The summed E-state index contributed by atoms with van der Waals surface area (Å²) in [5.74, 6) is 0.609. The highest BCUT2D eigenvalue weighted by atomic mass is 32.2. The van der Waals surface area contributed by atoms with Gasteiger partial charge in [0.1, 0.15) is 5.75 Å². The Bertz CT molecular complexity index is 620. The van der Waals surface area contributed by atoms with Crippen LogP contribution < -0.4 is 9.46 Å². The lowest BCUT2D eigenvalue weighted by Crippen LogP contribution is -2.34. The van der Waals surface area contributed by atoms with Crippen molar-refractivity contribution >= 4 is 10.0 Å². The van der Waals surface area contributed by atoms with E-state index < -0.39 is 10.0 Å². The Morgan fingerprint density at radius 2 is 1.95 bits per heavy atom. The van der Waals surface area contributed by atoms with Gasteiger partial charge in [0.15, 0.2) is 0 Å². The second kappa shape index (κ2) is 8.03. The summed E-state index contributed by atoms with van der Waals surface area (Å²) >= 11 is 0. The van der Waals surface area contributed by atoms with Gasteiger partial charge in [0.05, 0.1) is 12.0 Å². The fraction of sp³-hybridized carbons (Fsp3) is 0.571. The highest BCUT2D eigenvalue weighted by Gasteiger charge is 2.22. The molecule has 0 fully saturated rings. The van der Waals surface area contributed by atoms with E-state index in [9.17, 15) is 8.42 Å². The van der Waals surface area contributed by atoms with Crippen LogP contribution in [0.3, 0.4) is 0 Å². The Labute approximate surface area is 131 Å². The van der Waals surface area contributed by atoms with Crippen LogP contribution in [0.2, 0.25) is 0 Å². The van der Waals surface area contributed by atoms with E-state index in [1.54, 1.807) is 12.1 Å². The molecule has 0 aliphatic carbocycles. The number of methoxy groups -OCH3 is 1. The average molecular weight is 326 g/mol. The lowest BCUT2D eigenvalue weighted by molar-refractivity contribution is 0.327. The molecule has 7 nitrogen and oxygen atoms in total. The number of azide groups is 1. The van der Waals surface area contributed by atoms with Crippen molar-refractivity contribution in [2.45, 2.75) is 31.6 Å². The number of rotatable bonds is 9. The number of sulfonamides is 1. The molecule has 0 saturated carbocycles. The Hall–Kier alpha value is -1.76. The summed E-state index contributed by atoms with van der Waals surface area (Å²) in [6, 6.07) is 6.24. The summed E-state index contributed by atoms with van der Waals surface area (Å²) in [6.07, 6.45) is 1.48. The van der Waals surface area contributed by atoms with Crippen LogP contribution in [-0.4, -0.2) is 28.6 Å². The molecule has 122 valence electrons. The van der Waals surface area contributed by atoms with E-state index >= 15 is 0 Å². The zero-order valence-electron chi connectivity index (χ0n) is 13.1. The van der Waals surface area contributed by atoms with E-state index in [0.717, 1.165) is 12.8 Å². The molecule has 0 amide bonds. The van der Waals surface area contributed by atoms with Crippen molar-refractivity contribution < 1.29 is 13.2 Å². The molecule has 0 aromatic heterocycles. The molecule has 0 spiro atoms. The molecular formula is C14H22N4O3S. The van der Waals surface area contributed by atoms with Crippen molar-refractivity contribution in [3.63, 3.8) is 0 Å². The van der Waals surface area contributed by atoms with Gasteiger partial charge in [0.25, 0.3) is 0 Å². The van der Waals surface area contributed by atoms with E-state index in [4.69, 9.17) is 10.3 Å².